The third-order valence-electron chi connectivity index (χ3n) is 5.23. The minimum Gasteiger partial charge on any atom is -0.353 e. The van der Waals surface area contributed by atoms with Gasteiger partial charge in [0.25, 0.3) is 0 Å². The molecule has 1 N–H and O–H groups in total. The highest BCUT2D eigenvalue weighted by molar-refractivity contribution is 5.95. The summed E-state index contributed by atoms with van der Waals surface area (Å²) in [5.74, 6) is 0.223. The van der Waals surface area contributed by atoms with Crippen LogP contribution in [0.4, 0.5) is 5.69 Å². The molecule has 1 aliphatic rings. The van der Waals surface area contributed by atoms with Crippen molar-refractivity contribution < 1.29 is 9.59 Å². The summed E-state index contributed by atoms with van der Waals surface area (Å²) in [6.07, 6.45) is 0.941. The lowest BCUT2D eigenvalue weighted by atomic mass is 10.1. The monoisotopic (exact) mass is 374 g/mol. The van der Waals surface area contributed by atoms with Crippen LogP contribution in [0.3, 0.4) is 0 Å². The first-order valence-electron chi connectivity index (χ1n) is 10.0. The molecule has 2 rings (SSSR count). The van der Waals surface area contributed by atoms with Gasteiger partial charge in [-0.2, -0.15) is 0 Å². The Labute approximate surface area is 163 Å². The largest absolute Gasteiger partial charge is 0.353 e. The Hall–Kier alpha value is -1.92. The van der Waals surface area contributed by atoms with Crippen molar-refractivity contribution in [3.63, 3.8) is 0 Å². The van der Waals surface area contributed by atoms with Crippen LogP contribution in [0.15, 0.2) is 24.3 Å². The topological polar surface area (TPSA) is 55.9 Å². The van der Waals surface area contributed by atoms with Crippen molar-refractivity contribution in [3.8, 4) is 0 Å². The highest BCUT2D eigenvalue weighted by atomic mass is 16.2. The Bertz CT molecular complexity index is 626. The van der Waals surface area contributed by atoms with Gasteiger partial charge >= 0.3 is 0 Å². The Morgan fingerprint density at radius 3 is 2.22 bits per heavy atom. The van der Waals surface area contributed by atoms with E-state index >= 15 is 0 Å². The fourth-order valence-corrected chi connectivity index (χ4v) is 3.36. The number of likely N-dealkylation sites (N-methyl/N-ethyl adjacent to an activating group) is 1. The molecule has 1 unspecified atom stereocenters. The molecule has 1 heterocycles. The van der Waals surface area contributed by atoms with Crippen LogP contribution in [0, 0.1) is 6.92 Å². The molecule has 0 aliphatic carbocycles. The molecule has 1 aliphatic heterocycles. The van der Waals surface area contributed by atoms with Crippen molar-refractivity contribution in [2.75, 3.05) is 50.7 Å². The molecular weight excluding hydrogens is 340 g/mol. The second-order valence-corrected chi connectivity index (χ2v) is 7.35. The molecule has 1 fully saturated rings. The first-order valence-corrected chi connectivity index (χ1v) is 10.0. The van der Waals surface area contributed by atoms with Crippen LogP contribution >= 0.6 is 0 Å². The molecule has 27 heavy (non-hydrogen) atoms. The quantitative estimate of drug-likeness (QED) is 0.755. The number of piperazine rings is 1. The van der Waals surface area contributed by atoms with Crippen molar-refractivity contribution >= 4 is 17.5 Å². The van der Waals surface area contributed by atoms with E-state index in [-0.39, 0.29) is 17.9 Å². The summed E-state index contributed by atoms with van der Waals surface area (Å²) < 4.78 is 0. The zero-order valence-electron chi connectivity index (χ0n) is 17.2. The number of carbonyl (C=O) groups excluding carboxylic acids is 2. The Morgan fingerprint density at radius 2 is 1.67 bits per heavy atom. The van der Waals surface area contributed by atoms with E-state index < -0.39 is 0 Å². The first kappa shape index (κ1) is 21.4. The van der Waals surface area contributed by atoms with Crippen LogP contribution in [0.25, 0.3) is 0 Å². The molecule has 1 aromatic rings. The van der Waals surface area contributed by atoms with E-state index in [0.29, 0.717) is 19.6 Å². The van der Waals surface area contributed by atoms with Gasteiger partial charge in [-0.15, -0.1) is 0 Å². The van der Waals surface area contributed by atoms with Crippen molar-refractivity contribution in [1.82, 2.24) is 15.1 Å². The third-order valence-corrected chi connectivity index (χ3v) is 5.23. The summed E-state index contributed by atoms with van der Waals surface area (Å²) in [6.45, 7) is 12.9. The minimum atomic E-state index is 0.0885. The van der Waals surface area contributed by atoms with Gasteiger partial charge in [0.15, 0.2) is 0 Å². The maximum absolute atomic E-state index is 12.8. The van der Waals surface area contributed by atoms with Crippen LogP contribution in [0.1, 0.15) is 32.8 Å². The smallest absolute Gasteiger partial charge is 0.241 e. The maximum atomic E-state index is 12.8. The van der Waals surface area contributed by atoms with Gasteiger partial charge in [0, 0.05) is 44.5 Å². The highest BCUT2D eigenvalue weighted by Gasteiger charge is 2.23. The summed E-state index contributed by atoms with van der Waals surface area (Å²) in [7, 11) is 0. The molecule has 150 valence electrons. The van der Waals surface area contributed by atoms with Gasteiger partial charge in [0.2, 0.25) is 11.8 Å². The molecule has 0 aromatic heterocycles. The second kappa shape index (κ2) is 10.4. The highest BCUT2D eigenvalue weighted by Crippen LogP contribution is 2.19. The zero-order chi connectivity index (χ0) is 19.8. The number of rotatable bonds is 8. The van der Waals surface area contributed by atoms with E-state index in [1.165, 1.54) is 0 Å². The summed E-state index contributed by atoms with van der Waals surface area (Å²) >= 11 is 0. The first-order chi connectivity index (χ1) is 12.9. The number of carbonyl (C=O) groups is 2. The Kier molecular flexibility index (Phi) is 8.25. The van der Waals surface area contributed by atoms with Gasteiger partial charge in [-0.25, -0.2) is 0 Å². The molecule has 2 amide bonds. The fourth-order valence-electron chi connectivity index (χ4n) is 3.36. The summed E-state index contributed by atoms with van der Waals surface area (Å²) in [5, 5.41) is 3.01. The van der Waals surface area contributed by atoms with Crippen LogP contribution in [0.2, 0.25) is 0 Å². The van der Waals surface area contributed by atoms with Gasteiger partial charge in [-0.3, -0.25) is 19.4 Å². The average Bonchev–Trinajstić information content (AvgIpc) is 2.65. The van der Waals surface area contributed by atoms with E-state index in [0.717, 1.165) is 43.9 Å². The van der Waals surface area contributed by atoms with Crippen LogP contribution in [-0.2, 0) is 9.59 Å². The van der Waals surface area contributed by atoms with Gasteiger partial charge in [0.1, 0.15) is 0 Å². The van der Waals surface area contributed by atoms with Crippen molar-refractivity contribution in [2.45, 2.75) is 40.2 Å². The molecule has 1 aromatic carbocycles. The fraction of sp³-hybridized carbons (Fsp3) is 0.619. The number of benzene rings is 1. The van der Waals surface area contributed by atoms with E-state index in [4.69, 9.17) is 0 Å². The number of para-hydroxylation sites is 1. The lowest BCUT2D eigenvalue weighted by Gasteiger charge is -2.35. The maximum Gasteiger partial charge on any atom is 0.241 e. The van der Waals surface area contributed by atoms with Gasteiger partial charge in [-0.05, 0) is 38.8 Å². The summed E-state index contributed by atoms with van der Waals surface area (Å²) in [5.41, 5.74) is 2.11. The van der Waals surface area contributed by atoms with Gasteiger partial charge in [-0.1, -0.05) is 25.1 Å². The van der Waals surface area contributed by atoms with Crippen molar-refractivity contribution in [3.05, 3.63) is 29.8 Å². The molecule has 6 nitrogen and oxygen atoms in total. The van der Waals surface area contributed by atoms with E-state index in [2.05, 4.69) is 22.0 Å². The minimum absolute atomic E-state index is 0.0885. The molecule has 1 atom stereocenters. The number of anilines is 1. The number of nitrogens with one attached hydrogen (secondary N) is 1. The Morgan fingerprint density at radius 1 is 1.07 bits per heavy atom. The third kappa shape index (κ3) is 6.33. The van der Waals surface area contributed by atoms with Gasteiger partial charge in [0.05, 0.1) is 13.1 Å². The summed E-state index contributed by atoms with van der Waals surface area (Å²) in [6, 6.07) is 8.23. The molecule has 0 radical (unpaired) electrons. The normalized spacial score (nSPS) is 16.7. The standard InChI is InChI=1S/C21H34N4O2/c1-5-18(4)22-20(26)15-23-11-13-24(14-12-23)16-21(27)25(6-2)19-10-8-7-9-17(19)3/h7-10,18H,5-6,11-16H2,1-4H3,(H,22,26). The number of aryl methyl sites for hydroxylation is 1. The second-order valence-electron chi connectivity index (χ2n) is 7.35. The average molecular weight is 375 g/mol. The molecule has 6 heteroatoms. The van der Waals surface area contributed by atoms with Crippen LogP contribution < -0.4 is 10.2 Å². The number of nitrogens with zero attached hydrogens (tertiary/aromatic N) is 3. The number of hydrogen-bond donors (Lipinski definition) is 1. The molecule has 0 spiro atoms. The van der Waals surface area contributed by atoms with E-state index in [1.54, 1.807) is 0 Å². The number of hydrogen-bond acceptors (Lipinski definition) is 4. The van der Waals surface area contributed by atoms with Crippen LogP contribution in [-0.4, -0.2) is 73.5 Å². The molecule has 1 saturated heterocycles. The molecule has 0 saturated carbocycles. The predicted octanol–water partition coefficient (Wildman–Crippen LogP) is 1.88. The molecule has 0 bridgehead atoms. The Balaban J connectivity index is 1.81. The van der Waals surface area contributed by atoms with Crippen molar-refractivity contribution in [1.29, 1.82) is 0 Å². The summed E-state index contributed by atoms with van der Waals surface area (Å²) in [4.78, 5) is 31.1. The van der Waals surface area contributed by atoms with Crippen LogP contribution in [0.5, 0.6) is 0 Å². The van der Waals surface area contributed by atoms with E-state index in [1.807, 2.05) is 49.9 Å². The van der Waals surface area contributed by atoms with E-state index in [9.17, 15) is 9.59 Å². The SMILES string of the molecule is CCC(C)NC(=O)CN1CCN(CC(=O)N(CC)c2ccccc2C)CC1. The zero-order valence-corrected chi connectivity index (χ0v) is 17.2. The lowest BCUT2D eigenvalue weighted by molar-refractivity contribution is -0.124. The number of amides is 2. The van der Waals surface area contributed by atoms with Crippen molar-refractivity contribution in [2.24, 2.45) is 0 Å². The lowest BCUT2D eigenvalue weighted by Crippen LogP contribution is -2.52. The van der Waals surface area contributed by atoms with Gasteiger partial charge < -0.3 is 10.2 Å². The molecular formula is C21H34N4O2. The predicted molar refractivity (Wildman–Crippen MR) is 110 cm³/mol.